The maximum absolute atomic E-state index is 5.96. The predicted molar refractivity (Wildman–Crippen MR) is 116 cm³/mol. The standard InChI is InChI=1S/C19H33N3O2.HI/c1-5-20-19(21-13-9-10-14-23-6-2)22-15-17(4)24-18-12-8-7-11-16(18)3;/h7-8,11-12,17H,5-6,9-10,13-15H2,1-4H3,(H2,20,21,22);1H. The Hall–Kier alpha value is -1.02. The van der Waals surface area contributed by atoms with Crippen molar-refractivity contribution in [2.75, 3.05) is 32.8 Å². The van der Waals surface area contributed by atoms with Crippen molar-refractivity contribution in [3.8, 4) is 5.75 Å². The zero-order valence-electron chi connectivity index (χ0n) is 16.0. The number of unbranched alkanes of at least 4 members (excludes halogenated alkanes) is 1. The van der Waals surface area contributed by atoms with Gasteiger partial charge >= 0.3 is 0 Å². The molecule has 2 N–H and O–H groups in total. The van der Waals surface area contributed by atoms with E-state index in [4.69, 9.17) is 9.47 Å². The number of ether oxygens (including phenoxy) is 2. The van der Waals surface area contributed by atoms with Gasteiger partial charge in [-0.15, -0.1) is 24.0 Å². The Balaban J connectivity index is 0.00000576. The lowest BCUT2D eigenvalue weighted by molar-refractivity contribution is 0.143. The minimum Gasteiger partial charge on any atom is -0.489 e. The van der Waals surface area contributed by atoms with Crippen LogP contribution in [0.4, 0.5) is 0 Å². The van der Waals surface area contributed by atoms with Crippen molar-refractivity contribution in [1.29, 1.82) is 0 Å². The van der Waals surface area contributed by atoms with Crippen LogP contribution in [0, 0.1) is 6.92 Å². The Labute approximate surface area is 170 Å². The summed E-state index contributed by atoms with van der Waals surface area (Å²) in [7, 11) is 0. The molecule has 0 fully saturated rings. The average molecular weight is 463 g/mol. The number of rotatable bonds is 11. The molecule has 1 rings (SSSR count). The van der Waals surface area contributed by atoms with Crippen molar-refractivity contribution in [2.24, 2.45) is 4.99 Å². The van der Waals surface area contributed by atoms with Crippen LogP contribution in [0.3, 0.4) is 0 Å². The van der Waals surface area contributed by atoms with Gasteiger partial charge in [-0.25, -0.2) is 4.99 Å². The third-order valence-corrected chi connectivity index (χ3v) is 3.48. The molecule has 5 nitrogen and oxygen atoms in total. The van der Waals surface area contributed by atoms with E-state index in [1.807, 2.05) is 32.0 Å². The number of aliphatic imine (C=N–C) groups is 1. The average Bonchev–Trinajstić information content (AvgIpc) is 2.57. The number of aryl methyl sites for hydroxylation is 1. The van der Waals surface area contributed by atoms with Crippen LogP contribution in [0.15, 0.2) is 29.3 Å². The number of benzene rings is 1. The smallest absolute Gasteiger partial charge is 0.191 e. The summed E-state index contributed by atoms with van der Waals surface area (Å²) in [6.07, 6.45) is 2.16. The Morgan fingerprint density at radius 3 is 2.60 bits per heavy atom. The van der Waals surface area contributed by atoms with Crippen LogP contribution >= 0.6 is 24.0 Å². The van der Waals surface area contributed by atoms with Gasteiger partial charge in [-0.3, -0.25) is 0 Å². The first-order valence-corrected chi connectivity index (χ1v) is 8.99. The first kappa shape index (κ1) is 24.0. The summed E-state index contributed by atoms with van der Waals surface area (Å²) < 4.78 is 11.3. The van der Waals surface area contributed by atoms with E-state index >= 15 is 0 Å². The number of hydrogen-bond acceptors (Lipinski definition) is 3. The summed E-state index contributed by atoms with van der Waals surface area (Å²) in [6.45, 7) is 12.2. The van der Waals surface area contributed by atoms with Crippen molar-refractivity contribution >= 4 is 29.9 Å². The maximum atomic E-state index is 5.96. The Morgan fingerprint density at radius 1 is 1.16 bits per heavy atom. The fourth-order valence-corrected chi connectivity index (χ4v) is 2.18. The fraction of sp³-hybridized carbons (Fsp3) is 0.632. The highest BCUT2D eigenvalue weighted by molar-refractivity contribution is 14.0. The van der Waals surface area contributed by atoms with E-state index in [9.17, 15) is 0 Å². The normalized spacial score (nSPS) is 12.2. The Morgan fingerprint density at radius 2 is 1.92 bits per heavy atom. The Kier molecular flexibility index (Phi) is 14.6. The van der Waals surface area contributed by atoms with Gasteiger partial charge in [0.2, 0.25) is 0 Å². The second-order valence-electron chi connectivity index (χ2n) is 5.74. The van der Waals surface area contributed by atoms with Crippen molar-refractivity contribution in [3.63, 3.8) is 0 Å². The van der Waals surface area contributed by atoms with Crippen molar-refractivity contribution in [2.45, 2.75) is 46.6 Å². The predicted octanol–water partition coefficient (Wildman–Crippen LogP) is 3.75. The van der Waals surface area contributed by atoms with Gasteiger partial charge < -0.3 is 20.1 Å². The number of para-hydroxylation sites is 1. The van der Waals surface area contributed by atoms with E-state index in [1.165, 1.54) is 0 Å². The van der Waals surface area contributed by atoms with E-state index in [0.717, 1.165) is 56.4 Å². The van der Waals surface area contributed by atoms with Crippen LogP contribution in [0.1, 0.15) is 39.2 Å². The third-order valence-electron chi connectivity index (χ3n) is 3.48. The van der Waals surface area contributed by atoms with Crippen molar-refractivity contribution in [3.05, 3.63) is 29.8 Å². The number of nitrogens with one attached hydrogen (secondary N) is 2. The molecular formula is C19H34IN3O2. The second-order valence-corrected chi connectivity index (χ2v) is 5.74. The van der Waals surface area contributed by atoms with E-state index < -0.39 is 0 Å². The molecule has 1 aromatic rings. The number of nitrogens with zero attached hydrogens (tertiary/aromatic N) is 1. The second kappa shape index (κ2) is 15.3. The molecule has 0 saturated heterocycles. The molecule has 0 saturated carbocycles. The molecule has 0 bridgehead atoms. The molecule has 0 heterocycles. The molecule has 0 radical (unpaired) electrons. The van der Waals surface area contributed by atoms with Gasteiger partial charge in [0.05, 0.1) is 6.54 Å². The minimum absolute atomic E-state index is 0. The van der Waals surface area contributed by atoms with Crippen LogP contribution in [0.5, 0.6) is 5.75 Å². The summed E-state index contributed by atoms with van der Waals surface area (Å²) in [4.78, 5) is 4.61. The van der Waals surface area contributed by atoms with Crippen LogP contribution in [0.25, 0.3) is 0 Å². The highest BCUT2D eigenvalue weighted by atomic mass is 127. The van der Waals surface area contributed by atoms with E-state index in [0.29, 0.717) is 6.54 Å². The molecule has 0 aliphatic rings. The molecule has 0 aliphatic carbocycles. The van der Waals surface area contributed by atoms with Gasteiger partial charge in [-0.1, -0.05) is 18.2 Å². The summed E-state index contributed by atoms with van der Waals surface area (Å²) in [5, 5.41) is 6.62. The highest BCUT2D eigenvalue weighted by Gasteiger charge is 2.06. The van der Waals surface area contributed by atoms with E-state index in [-0.39, 0.29) is 30.1 Å². The quantitative estimate of drug-likeness (QED) is 0.227. The molecular weight excluding hydrogens is 429 g/mol. The van der Waals surface area contributed by atoms with Gasteiger partial charge in [0.15, 0.2) is 5.96 Å². The molecule has 1 unspecified atom stereocenters. The fourth-order valence-electron chi connectivity index (χ4n) is 2.18. The SMILES string of the molecule is CCNC(=NCC(C)Oc1ccccc1C)NCCCCOCC.I. The van der Waals surface area contributed by atoms with Gasteiger partial charge in [0.25, 0.3) is 0 Å². The van der Waals surface area contributed by atoms with Gasteiger partial charge in [-0.2, -0.15) is 0 Å². The molecule has 6 heteroatoms. The largest absolute Gasteiger partial charge is 0.489 e. The molecule has 0 aliphatic heterocycles. The lowest BCUT2D eigenvalue weighted by atomic mass is 10.2. The van der Waals surface area contributed by atoms with Gasteiger partial charge in [0, 0.05) is 26.3 Å². The third kappa shape index (κ3) is 11.3. The molecule has 0 amide bonds. The maximum Gasteiger partial charge on any atom is 0.191 e. The van der Waals surface area contributed by atoms with Crippen LogP contribution < -0.4 is 15.4 Å². The van der Waals surface area contributed by atoms with E-state index in [2.05, 4.69) is 35.5 Å². The number of hydrogen-bond donors (Lipinski definition) is 2. The molecule has 25 heavy (non-hydrogen) atoms. The topological polar surface area (TPSA) is 54.9 Å². The summed E-state index contributed by atoms with van der Waals surface area (Å²) in [6, 6.07) is 8.06. The van der Waals surface area contributed by atoms with Gasteiger partial charge in [-0.05, 0) is 52.2 Å². The van der Waals surface area contributed by atoms with Crippen molar-refractivity contribution in [1.82, 2.24) is 10.6 Å². The van der Waals surface area contributed by atoms with Crippen LogP contribution in [-0.4, -0.2) is 44.9 Å². The number of guanidine groups is 1. The highest BCUT2D eigenvalue weighted by Crippen LogP contribution is 2.17. The summed E-state index contributed by atoms with van der Waals surface area (Å²) >= 11 is 0. The lowest BCUT2D eigenvalue weighted by Crippen LogP contribution is -2.38. The van der Waals surface area contributed by atoms with Crippen molar-refractivity contribution < 1.29 is 9.47 Å². The summed E-state index contributed by atoms with van der Waals surface area (Å²) in [5.74, 6) is 1.77. The first-order chi connectivity index (χ1) is 11.7. The number of halogens is 1. The zero-order chi connectivity index (χ0) is 17.6. The Bertz CT molecular complexity index is 483. The van der Waals surface area contributed by atoms with Crippen LogP contribution in [0.2, 0.25) is 0 Å². The molecule has 1 atom stereocenters. The minimum atomic E-state index is 0. The monoisotopic (exact) mass is 463 g/mol. The van der Waals surface area contributed by atoms with Gasteiger partial charge in [0.1, 0.15) is 11.9 Å². The lowest BCUT2D eigenvalue weighted by Gasteiger charge is -2.16. The first-order valence-electron chi connectivity index (χ1n) is 8.99. The van der Waals surface area contributed by atoms with Crippen LogP contribution in [-0.2, 0) is 4.74 Å². The van der Waals surface area contributed by atoms with E-state index in [1.54, 1.807) is 0 Å². The molecule has 1 aromatic carbocycles. The zero-order valence-corrected chi connectivity index (χ0v) is 18.3. The molecule has 0 spiro atoms. The molecule has 0 aromatic heterocycles. The summed E-state index contributed by atoms with van der Waals surface area (Å²) in [5.41, 5.74) is 1.15. The molecule has 144 valence electrons.